The molecule has 6 rings (SSSR count). The molecule has 0 radical (unpaired) electrons. The number of ether oxygens (including phenoxy) is 1. The van der Waals surface area contributed by atoms with E-state index in [0.717, 1.165) is 56.1 Å². The summed E-state index contributed by atoms with van der Waals surface area (Å²) in [5.41, 5.74) is 4.67. The van der Waals surface area contributed by atoms with E-state index < -0.39 is 9.84 Å². The summed E-state index contributed by atoms with van der Waals surface area (Å²) in [7, 11) is -1.23. The topological polar surface area (TPSA) is 129 Å². The van der Waals surface area contributed by atoms with Crippen LogP contribution < -0.4 is 20.9 Å². The molecule has 12 heteroatoms. The molecule has 0 atom stereocenters. The second kappa shape index (κ2) is 16.3. The van der Waals surface area contributed by atoms with Crippen molar-refractivity contribution in [2.45, 2.75) is 36.5 Å². The quantitative estimate of drug-likeness (QED) is 0.201. The fraction of sp³-hybridized carbons (Fsp3) is 0.343. The van der Waals surface area contributed by atoms with Crippen molar-refractivity contribution in [2.24, 2.45) is 0 Å². The molecular weight excluding hydrogens is 614 g/mol. The number of nitrogens with one attached hydrogen (secondary N) is 3. The van der Waals surface area contributed by atoms with Crippen LogP contribution >= 0.6 is 0 Å². The van der Waals surface area contributed by atoms with Crippen molar-refractivity contribution in [1.29, 1.82) is 0 Å². The number of carbonyl (C=O) groups excluding carboxylic acids is 1. The molecule has 2 aliphatic rings. The van der Waals surface area contributed by atoms with Gasteiger partial charge < -0.3 is 30.5 Å². The number of carbonyl (C=O) groups is 1. The molecule has 2 fully saturated rings. The minimum absolute atomic E-state index is 0.342. The van der Waals surface area contributed by atoms with Crippen LogP contribution in [0.5, 0.6) is 0 Å². The van der Waals surface area contributed by atoms with Gasteiger partial charge in [-0.2, -0.15) is 4.98 Å². The Bertz CT molecular complexity index is 1690. The minimum Gasteiger partial charge on any atom is -0.463 e. The highest BCUT2D eigenvalue weighted by atomic mass is 32.2. The molecule has 0 spiro atoms. The lowest BCUT2D eigenvalue weighted by molar-refractivity contribution is -0.129. The number of sulfone groups is 1. The molecule has 47 heavy (non-hydrogen) atoms. The van der Waals surface area contributed by atoms with Crippen molar-refractivity contribution in [3.8, 4) is 0 Å². The maximum Gasteiger partial charge on any atom is 0.293 e. The van der Waals surface area contributed by atoms with Crippen LogP contribution in [0.1, 0.15) is 24.0 Å². The van der Waals surface area contributed by atoms with Crippen LogP contribution in [-0.4, -0.2) is 81.3 Å². The smallest absolute Gasteiger partial charge is 0.293 e. The molecule has 1 aromatic heterocycles. The summed E-state index contributed by atoms with van der Waals surface area (Å²) in [4.78, 5) is 23.9. The summed E-state index contributed by atoms with van der Waals surface area (Å²) in [5.74, 6) is 1.10. The molecule has 3 N–H and O–H groups in total. The predicted octanol–water partition coefficient (Wildman–Crippen LogP) is 4.91. The number of nitrogens with zero attached hydrogens (tertiary/aromatic N) is 4. The molecule has 0 saturated carbocycles. The second-order valence-corrected chi connectivity index (χ2v) is 14.0. The number of likely N-dealkylation sites (N-methyl/N-ethyl adjacent to an activating group) is 1. The van der Waals surface area contributed by atoms with Gasteiger partial charge in [-0.1, -0.05) is 36.4 Å². The van der Waals surface area contributed by atoms with Crippen LogP contribution in [0.15, 0.2) is 90.0 Å². The Balaban J connectivity index is 0.000000371. The predicted molar refractivity (Wildman–Crippen MR) is 186 cm³/mol. The Kier molecular flexibility index (Phi) is 11.8. The number of rotatable bonds is 10. The number of aryl methyl sites for hydroxylation is 1. The van der Waals surface area contributed by atoms with Crippen LogP contribution in [-0.2, 0) is 26.0 Å². The highest BCUT2D eigenvalue weighted by molar-refractivity contribution is 7.92. The first-order valence-corrected chi connectivity index (χ1v) is 17.4. The molecule has 3 heterocycles. The zero-order valence-corrected chi connectivity index (χ0v) is 27.7. The van der Waals surface area contributed by atoms with E-state index in [2.05, 4.69) is 59.6 Å². The maximum absolute atomic E-state index is 13.2. The number of piperazine rings is 1. The van der Waals surface area contributed by atoms with Gasteiger partial charge in [-0.15, -0.1) is 0 Å². The van der Waals surface area contributed by atoms with Crippen LogP contribution in [0.3, 0.4) is 0 Å². The average Bonchev–Trinajstić information content (AvgIpc) is 3.11. The summed E-state index contributed by atoms with van der Waals surface area (Å²) in [6.07, 6.45) is 3.03. The van der Waals surface area contributed by atoms with Crippen LogP contribution in [0.25, 0.3) is 0 Å². The van der Waals surface area contributed by atoms with Gasteiger partial charge in [0.1, 0.15) is 12.4 Å². The Morgan fingerprint density at radius 2 is 1.64 bits per heavy atom. The summed E-state index contributed by atoms with van der Waals surface area (Å²) >= 11 is 0. The van der Waals surface area contributed by atoms with E-state index in [0.29, 0.717) is 48.3 Å². The first kappa shape index (κ1) is 33.8. The van der Waals surface area contributed by atoms with E-state index >= 15 is 0 Å². The van der Waals surface area contributed by atoms with Gasteiger partial charge in [0.2, 0.25) is 5.95 Å². The van der Waals surface area contributed by atoms with Gasteiger partial charge in [0.05, 0.1) is 10.1 Å². The molecule has 2 saturated heterocycles. The van der Waals surface area contributed by atoms with Crippen molar-refractivity contribution in [2.75, 3.05) is 61.8 Å². The summed E-state index contributed by atoms with van der Waals surface area (Å²) in [6, 6.07) is 24.9. The lowest BCUT2D eigenvalue weighted by Gasteiger charge is -2.34. The molecule has 0 bridgehead atoms. The third-order valence-corrected chi connectivity index (χ3v) is 10.5. The molecule has 0 aliphatic carbocycles. The standard InChI is InChI=1S/C27H35N7O2S.C8H8O2/c1-20-19-29-27(31-21-6-8-23(9-7-21)34-16-14-33(2)15-17-34)32-26(20)30-22-4-3-5-25(18-22)37(35,36)24-10-12-28-13-11-24;9-7-10-6-8-4-2-1-3-5-8/h3-9,18-19,24,28H,10-17H2,1-2H3,(H2,29,30,31,32);1-5,7H,6H2. The van der Waals surface area contributed by atoms with Gasteiger partial charge in [-0.05, 0) is 87.9 Å². The molecule has 0 amide bonds. The van der Waals surface area contributed by atoms with Gasteiger partial charge in [0.25, 0.3) is 6.47 Å². The van der Waals surface area contributed by atoms with Crippen molar-refractivity contribution >= 4 is 45.1 Å². The second-order valence-electron chi connectivity index (χ2n) is 11.7. The number of piperidine rings is 1. The minimum atomic E-state index is -3.38. The highest BCUT2D eigenvalue weighted by Crippen LogP contribution is 2.27. The SMILES string of the molecule is Cc1cnc(Nc2ccc(N3CCN(C)CC3)cc2)nc1Nc1cccc(S(=O)(=O)C2CCNCC2)c1.O=COCc1ccccc1. The number of hydrogen-bond donors (Lipinski definition) is 3. The Hall–Kier alpha value is -4.52. The number of aromatic nitrogens is 2. The van der Waals surface area contributed by atoms with E-state index in [-0.39, 0.29) is 5.25 Å². The Morgan fingerprint density at radius 1 is 0.915 bits per heavy atom. The molecule has 11 nitrogen and oxygen atoms in total. The molecular formula is C35H43N7O4S. The molecule has 2 aliphatic heterocycles. The van der Waals surface area contributed by atoms with E-state index in [4.69, 9.17) is 0 Å². The third-order valence-electron chi connectivity index (χ3n) is 8.27. The normalized spacial score (nSPS) is 15.7. The van der Waals surface area contributed by atoms with Crippen molar-refractivity contribution in [3.63, 3.8) is 0 Å². The van der Waals surface area contributed by atoms with Gasteiger partial charge in [0, 0.05) is 55.0 Å². The monoisotopic (exact) mass is 657 g/mol. The van der Waals surface area contributed by atoms with Gasteiger partial charge in [0.15, 0.2) is 9.84 Å². The van der Waals surface area contributed by atoms with Crippen molar-refractivity contribution < 1.29 is 17.9 Å². The zero-order valence-electron chi connectivity index (χ0n) is 26.9. The molecule has 3 aromatic carbocycles. The highest BCUT2D eigenvalue weighted by Gasteiger charge is 2.29. The number of benzene rings is 3. The van der Waals surface area contributed by atoms with Gasteiger partial charge >= 0.3 is 0 Å². The van der Waals surface area contributed by atoms with Gasteiger partial charge in [-0.3, -0.25) is 4.79 Å². The van der Waals surface area contributed by atoms with Crippen LogP contribution in [0, 0.1) is 6.92 Å². The Labute approximate surface area is 277 Å². The maximum atomic E-state index is 13.2. The first-order valence-electron chi connectivity index (χ1n) is 15.9. The first-order chi connectivity index (χ1) is 22.8. The largest absolute Gasteiger partial charge is 0.463 e. The number of anilines is 5. The van der Waals surface area contributed by atoms with Crippen LogP contribution in [0.2, 0.25) is 0 Å². The fourth-order valence-electron chi connectivity index (χ4n) is 5.47. The van der Waals surface area contributed by atoms with E-state index in [1.54, 1.807) is 24.4 Å². The van der Waals surface area contributed by atoms with Gasteiger partial charge in [-0.25, -0.2) is 13.4 Å². The molecule has 248 valence electrons. The molecule has 0 unspecified atom stereocenters. The summed E-state index contributed by atoms with van der Waals surface area (Å²) < 4.78 is 30.9. The van der Waals surface area contributed by atoms with E-state index in [1.807, 2.05) is 55.5 Å². The van der Waals surface area contributed by atoms with E-state index in [9.17, 15) is 13.2 Å². The van der Waals surface area contributed by atoms with Crippen molar-refractivity contribution in [1.82, 2.24) is 20.2 Å². The summed E-state index contributed by atoms with van der Waals surface area (Å²) in [6.45, 7) is 8.40. The molecule has 4 aromatic rings. The lowest BCUT2D eigenvalue weighted by Crippen LogP contribution is -2.44. The van der Waals surface area contributed by atoms with Crippen molar-refractivity contribution in [3.05, 3.63) is 96.2 Å². The zero-order chi connectivity index (χ0) is 33.1. The lowest BCUT2D eigenvalue weighted by atomic mass is 10.2. The number of hydrogen-bond acceptors (Lipinski definition) is 11. The average molecular weight is 658 g/mol. The van der Waals surface area contributed by atoms with E-state index in [1.165, 1.54) is 5.69 Å². The van der Waals surface area contributed by atoms with Crippen LogP contribution in [0.4, 0.5) is 28.8 Å². The Morgan fingerprint density at radius 3 is 2.34 bits per heavy atom. The summed E-state index contributed by atoms with van der Waals surface area (Å²) in [5, 5.41) is 9.46. The third kappa shape index (κ3) is 9.50. The fourth-order valence-corrected chi connectivity index (χ4v) is 7.27.